The summed E-state index contributed by atoms with van der Waals surface area (Å²) in [4.78, 5) is 2.58. The summed E-state index contributed by atoms with van der Waals surface area (Å²) in [5.41, 5.74) is 0.545. The lowest BCUT2D eigenvalue weighted by atomic mass is 9.79. The molecule has 0 saturated carbocycles. The summed E-state index contributed by atoms with van der Waals surface area (Å²) < 4.78 is 0. The van der Waals surface area contributed by atoms with Crippen LogP contribution in [0, 0.1) is 11.3 Å². The van der Waals surface area contributed by atoms with Gasteiger partial charge in [0.1, 0.15) is 0 Å². The van der Waals surface area contributed by atoms with E-state index in [1.807, 2.05) is 0 Å². The summed E-state index contributed by atoms with van der Waals surface area (Å²) in [6, 6.07) is 1.53. The second-order valence-corrected chi connectivity index (χ2v) is 5.36. The summed E-state index contributed by atoms with van der Waals surface area (Å²) >= 11 is 0. The smallest absolute Gasteiger partial charge is 0.0124 e. The van der Waals surface area contributed by atoms with E-state index in [1.54, 1.807) is 0 Å². The van der Waals surface area contributed by atoms with E-state index in [-0.39, 0.29) is 0 Å². The quantitative estimate of drug-likeness (QED) is 0.635. The molecule has 0 aromatic carbocycles. The van der Waals surface area contributed by atoms with Crippen molar-refractivity contribution < 1.29 is 0 Å². The predicted octanol–water partition coefficient (Wildman–Crippen LogP) is 3.15. The minimum absolute atomic E-state index is 0.545. The largest absolute Gasteiger partial charge is 0.300 e. The Hall–Kier alpha value is -0.0400. The average molecular weight is 183 g/mol. The van der Waals surface area contributed by atoms with Gasteiger partial charge in [0, 0.05) is 12.1 Å². The van der Waals surface area contributed by atoms with Gasteiger partial charge in [0.2, 0.25) is 0 Å². The molecule has 0 spiro atoms. The molecule has 1 heteroatoms. The van der Waals surface area contributed by atoms with Crippen LogP contribution in [0.15, 0.2) is 0 Å². The third kappa shape index (κ3) is 1.76. The average Bonchev–Trinajstić information content (AvgIpc) is 2.31. The number of hydrogen-bond acceptors (Lipinski definition) is 1. The van der Waals surface area contributed by atoms with Crippen molar-refractivity contribution in [3.8, 4) is 0 Å². The molecule has 1 aliphatic rings. The van der Waals surface area contributed by atoms with Gasteiger partial charge in [-0.15, -0.1) is 0 Å². The van der Waals surface area contributed by atoms with Gasteiger partial charge in [0.15, 0.2) is 0 Å². The Balaban J connectivity index is 2.78. The Morgan fingerprint density at radius 2 is 2.00 bits per heavy atom. The lowest BCUT2D eigenvalue weighted by Crippen LogP contribution is -2.36. The maximum Gasteiger partial charge on any atom is 0.0124 e. The minimum Gasteiger partial charge on any atom is -0.300 e. The maximum atomic E-state index is 2.58. The molecule has 1 rings (SSSR count). The molecule has 1 heterocycles. The molecule has 1 fully saturated rings. The second-order valence-electron chi connectivity index (χ2n) is 5.36. The van der Waals surface area contributed by atoms with Crippen molar-refractivity contribution in [2.45, 2.75) is 59.5 Å². The first-order valence-corrected chi connectivity index (χ1v) is 5.64. The minimum atomic E-state index is 0.545. The van der Waals surface area contributed by atoms with Crippen molar-refractivity contribution in [3.63, 3.8) is 0 Å². The molecule has 1 aliphatic heterocycles. The first-order valence-electron chi connectivity index (χ1n) is 5.64. The molecule has 1 saturated heterocycles. The van der Waals surface area contributed by atoms with E-state index in [0.717, 1.165) is 18.0 Å². The molecule has 0 aliphatic carbocycles. The second kappa shape index (κ2) is 3.61. The highest BCUT2D eigenvalue weighted by molar-refractivity contribution is 4.98. The summed E-state index contributed by atoms with van der Waals surface area (Å²) in [5, 5.41) is 0. The predicted molar refractivity (Wildman–Crippen MR) is 58.9 cm³/mol. The molecule has 3 unspecified atom stereocenters. The van der Waals surface area contributed by atoms with E-state index in [2.05, 4.69) is 46.6 Å². The SMILES string of the molecule is CCC1(C)CC(C(C)C)N(C)C1C. The van der Waals surface area contributed by atoms with Crippen molar-refractivity contribution >= 4 is 0 Å². The van der Waals surface area contributed by atoms with E-state index < -0.39 is 0 Å². The number of likely N-dealkylation sites (tertiary alicyclic amines) is 1. The molecule has 0 aromatic heterocycles. The zero-order valence-electron chi connectivity index (χ0n) is 10.1. The highest BCUT2D eigenvalue weighted by Gasteiger charge is 2.44. The van der Waals surface area contributed by atoms with Crippen LogP contribution in [-0.2, 0) is 0 Å². The van der Waals surface area contributed by atoms with Crippen LogP contribution in [0.25, 0.3) is 0 Å². The van der Waals surface area contributed by atoms with Crippen molar-refractivity contribution in [2.75, 3.05) is 7.05 Å². The summed E-state index contributed by atoms with van der Waals surface area (Å²) in [6.45, 7) is 11.8. The van der Waals surface area contributed by atoms with Crippen LogP contribution in [0.2, 0.25) is 0 Å². The third-order valence-electron chi connectivity index (χ3n) is 4.40. The topological polar surface area (TPSA) is 3.24 Å². The first kappa shape index (κ1) is 11.0. The van der Waals surface area contributed by atoms with Gasteiger partial charge in [-0.2, -0.15) is 0 Å². The molecule has 78 valence electrons. The first-order chi connectivity index (χ1) is 5.92. The molecular weight excluding hydrogens is 158 g/mol. The van der Waals surface area contributed by atoms with E-state index in [0.29, 0.717) is 5.41 Å². The van der Waals surface area contributed by atoms with Crippen LogP contribution in [0.5, 0.6) is 0 Å². The molecule has 0 N–H and O–H groups in total. The van der Waals surface area contributed by atoms with Crippen LogP contribution >= 0.6 is 0 Å². The van der Waals surface area contributed by atoms with Crippen molar-refractivity contribution in [1.29, 1.82) is 0 Å². The molecular formula is C12H25N. The fourth-order valence-corrected chi connectivity index (χ4v) is 2.72. The lowest BCUT2D eigenvalue weighted by molar-refractivity contribution is 0.175. The Morgan fingerprint density at radius 1 is 1.46 bits per heavy atom. The van der Waals surface area contributed by atoms with E-state index in [9.17, 15) is 0 Å². The standard InChI is InChI=1S/C12H25N/c1-7-12(5)8-11(9(2)3)13(6)10(12)4/h9-11H,7-8H2,1-6H3. The van der Waals surface area contributed by atoms with Crippen LogP contribution in [0.4, 0.5) is 0 Å². The normalized spacial score (nSPS) is 41.8. The highest BCUT2D eigenvalue weighted by atomic mass is 15.2. The fraction of sp³-hybridized carbons (Fsp3) is 1.00. The molecule has 0 bridgehead atoms. The fourth-order valence-electron chi connectivity index (χ4n) is 2.72. The van der Waals surface area contributed by atoms with Crippen LogP contribution in [-0.4, -0.2) is 24.0 Å². The number of nitrogens with zero attached hydrogens (tertiary/aromatic N) is 1. The van der Waals surface area contributed by atoms with Gasteiger partial charge < -0.3 is 0 Å². The Kier molecular flexibility index (Phi) is 3.06. The molecule has 0 amide bonds. The molecule has 1 nitrogen and oxygen atoms in total. The van der Waals surface area contributed by atoms with Crippen LogP contribution in [0.1, 0.15) is 47.5 Å². The van der Waals surface area contributed by atoms with Gasteiger partial charge >= 0.3 is 0 Å². The van der Waals surface area contributed by atoms with Gasteiger partial charge in [0.05, 0.1) is 0 Å². The van der Waals surface area contributed by atoms with Crippen molar-refractivity contribution in [2.24, 2.45) is 11.3 Å². The third-order valence-corrected chi connectivity index (χ3v) is 4.40. The zero-order chi connectivity index (χ0) is 10.2. The highest BCUT2D eigenvalue weighted by Crippen LogP contribution is 2.43. The Bertz CT molecular complexity index is 176. The Morgan fingerprint density at radius 3 is 2.23 bits per heavy atom. The zero-order valence-corrected chi connectivity index (χ0v) is 10.1. The molecule has 0 aromatic rings. The van der Waals surface area contributed by atoms with E-state index in [1.165, 1.54) is 12.8 Å². The molecule has 0 radical (unpaired) electrons. The van der Waals surface area contributed by atoms with E-state index >= 15 is 0 Å². The lowest BCUT2D eigenvalue weighted by Gasteiger charge is -2.30. The summed E-state index contributed by atoms with van der Waals surface area (Å²) in [7, 11) is 2.29. The van der Waals surface area contributed by atoms with Crippen molar-refractivity contribution in [1.82, 2.24) is 4.90 Å². The van der Waals surface area contributed by atoms with Gasteiger partial charge in [-0.25, -0.2) is 0 Å². The van der Waals surface area contributed by atoms with Gasteiger partial charge in [-0.3, -0.25) is 4.90 Å². The van der Waals surface area contributed by atoms with Crippen molar-refractivity contribution in [3.05, 3.63) is 0 Å². The number of hydrogen-bond donors (Lipinski definition) is 0. The maximum absolute atomic E-state index is 2.58. The monoisotopic (exact) mass is 183 g/mol. The Labute approximate surface area is 83.5 Å². The van der Waals surface area contributed by atoms with Crippen LogP contribution < -0.4 is 0 Å². The molecule has 3 atom stereocenters. The van der Waals surface area contributed by atoms with Gasteiger partial charge in [0.25, 0.3) is 0 Å². The van der Waals surface area contributed by atoms with E-state index in [4.69, 9.17) is 0 Å². The van der Waals surface area contributed by atoms with Crippen LogP contribution in [0.3, 0.4) is 0 Å². The van der Waals surface area contributed by atoms with Gasteiger partial charge in [-0.05, 0) is 38.1 Å². The summed E-state index contributed by atoms with van der Waals surface area (Å²) in [5.74, 6) is 0.792. The molecule has 13 heavy (non-hydrogen) atoms. The number of rotatable bonds is 2. The summed E-state index contributed by atoms with van der Waals surface area (Å²) in [6.07, 6.45) is 2.68. The van der Waals surface area contributed by atoms with Gasteiger partial charge in [-0.1, -0.05) is 27.7 Å².